The highest BCUT2D eigenvalue weighted by Crippen LogP contribution is 2.48. The van der Waals surface area contributed by atoms with Crippen LogP contribution in [0.2, 0.25) is 0 Å². The van der Waals surface area contributed by atoms with Crippen molar-refractivity contribution in [2.24, 2.45) is 5.92 Å². The van der Waals surface area contributed by atoms with Crippen molar-refractivity contribution in [2.45, 2.75) is 31.8 Å². The Balaban J connectivity index is 1.41. The number of H-pyrrole nitrogens is 1. The molecule has 1 aromatic carbocycles. The van der Waals surface area contributed by atoms with Crippen LogP contribution in [-0.2, 0) is 13.9 Å². The van der Waals surface area contributed by atoms with Crippen LogP contribution in [0.25, 0.3) is 11.2 Å². The van der Waals surface area contributed by atoms with Crippen LogP contribution in [0.15, 0.2) is 41.5 Å². The maximum atomic E-state index is 13.2. The number of carboxylic acids is 1. The molecule has 2 aromatic heterocycles. The van der Waals surface area contributed by atoms with Crippen molar-refractivity contribution in [3.8, 4) is 5.75 Å². The van der Waals surface area contributed by atoms with Gasteiger partial charge in [0.25, 0.3) is 5.56 Å². The van der Waals surface area contributed by atoms with Gasteiger partial charge in [-0.25, -0.2) is 9.55 Å². The minimum Gasteiger partial charge on any atom is -0.480 e. The largest absolute Gasteiger partial charge is 0.480 e. The standard InChI is InChI=1S/C19H23N6O6P/c1-11(18(27)28)24-32(29,31-14-5-3-2-4-6-14)30-9-12-7-13(8-12)25-10-21-15-16(25)22-19(20)23-17(15)26/h2-6,10-13H,7-9H2,1H3,(H,24,29)(H,27,28)(H3,20,22,23,26). The van der Waals surface area contributed by atoms with Crippen LogP contribution >= 0.6 is 7.75 Å². The van der Waals surface area contributed by atoms with E-state index in [1.165, 1.54) is 6.92 Å². The van der Waals surface area contributed by atoms with E-state index >= 15 is 0 Å². The zero-order valence-electron chi connectivity index (χ0n) is 17.2. The first kappa shape index (κ1) is 22.0. The molecule has 0 spiro atoms. The van der Waals surface area contributed by atoms with Crippen molar-refractivity contribution in [2.75, 3.05) is 12.3 Å². The number of carboxylic acid groups (broad SMARTS) is 1. The van der Waals surface area contributed by atoms with Crippen LogP contribution in [0.4, 0.5) is 5.95 Å². The van der Waals surface area contributed by atoms with E-state index in [1.807, 2.05) is 0 Å². The van der Waals surface area contributed by atoms with Gasteiger partial charge in [-0.15, -0.1) is 0 Å². The second-order valence-electron chi connectivity index (χ2n) is 7.65. The minimum atomic E-state index is -3.94. The molecule has 2 atom stereocenters. The van der Waals surface area contributed by atoms with Crippen molar-refractivity contribution in [1.29, 1.82) is 0 Å². The van der Waals surface area contributed by atoms with Crippen LogP contribution in [0.3, 0.4) is 0 Å². The van der Waals surface area contributed by atoms with Crippen molar-refractivity contribution in [3.63, 3.8) is 0 Å². The fourth-order valence-electron chi connectivity index (χ4n) is 3.48. The summed E-state index contributed by atoms with van der Waals surface area (Å²) < 4.78 is 26.1. The number of rotatable bonds is 9. The summed E-state index contributed by atoms with van der Waals surface area (Å²) in [6, 6.07) is 7.29. The van der Waals surface area contributed by atoms with E-state index < -0.39 is 25.3 Å². The molecule has 1 saturated carbocycles. The maximum absolute atomic E-state index is 13.2. The number of anilines is 1. The fourth-order valence-corrected chi connectivity index (χ4v) is 5.05. The monoisotopic (exact) mass is 462 g/mol. The average Bonchev–Trinajstić information content (AvgIpc) is 3.11. The summed E-state index contributed by atoms with van der Waals surface area (Å²) in [5.41, 5.74) is 5.86. The lowest BCUT2D eigenvalue weighted by Gasteiger charge is -2.36. The summed E-state index contributed by atoms with van der Waals surface area (Å²) in [4.78, 5) is 33.8. The molecule has 170 valence electrons. The predicted molar refractivity (Wildman–Crippen MR) is 115 cm³/mol. The second kappa shape index (κ2) is 8.73. The molecule has 0 radical (unpaired) electrons. The third-order valence-electron chi connectivity index (χ3n) is 5.23. The Kier molecular flexibility index (Phi) is 6.00. The summed E-state index contributed by atoms with van der Waals surface area (Å²) in [5.74, 6) is -0.818. The Morgan fingerprint density at radius 3 is 2.81 bits per heavy atom. The molecule has 2 unspecified atom stereocenters. The minimum absolute atomic E-state index is 0.0149. The van der Waals surface area contributed by atoms with Crippen molar-refractivity contribution < 1.29 is 23.5 Å². The molecule has 1 aliphatic carbocycles. The van der Waals surface area contributed by atoms with E-state index in [-0.39, 0.29) is 30.0 Å². The number of carbonyl (C=O) groups is 1. The number of nitrogens with zero attached hydrogens (tertiary/aromatic N) is 3. The predicted octanol–water partition coefficient (Wildman–Crippen LogP) is 1.92. The van der Waals surface area contributed by atoms with Crippen LogP contribution < -0.4 is 20.9 Å². The van der Waals surface area contributed by atoms with Gasteiger partial charge in [0.05, 0.1) is 12.9 Å². The number of benzene rings is 1. The van der Waals surface area contributed by atoms with E-state index in [0.29, 0.717) is 24.2 Å². The summed E-state index contributed by atoms with van der Waals surface area (Å²) in [6.45, 7) is 1.46. The first-order chi connectivity index (χ1) is 15.2. The highest BCUT2D eigenvalue weighted by Gasteiger charge is 2.37. The zero-order chi connectivity index (χ0) is 22.9. The number of hydrogen-bond acceptors (Lipinski definition) is 8. The van der Waals surface area contributed by atoms with Gasteiger partial charge in [0.2, 0.25) is 5.95 Å². The molecule has 5 N–H and O–H groups in total. The Hall–Kier alpha value is -3.21. The quantitative estimate of drug-likeness (QED) is 0.344. The van der Waals surface area contributed by atoms with Crippen LogP contribution in [0.1, 0.15) is 25.8 Å². The summed E-state index contributed by atoms with van der Waals surface area (Å²) in [7, 11) is -3.94. The van der Waals surface area contributed by atoms with Gasteiger partial charge in [-0.05, 0) is 37.8 Å². The molecule has 0 saturated heterocycles. The molecular weight excluding hydrogens is 439 g/mol. The summed E-state index contributed by atoms with van der Waals surface area (Å²) in [6.07, 6.45) is 2.88. The molecule has 1 fully saturated rings. The molecule has 0 aliphatic heterocycles. The van der Waals surface area contributed by atoms with Gasteiger partial charge < -0.3 is 19.9 Å². The van der Waals surface area contributed by atoms with Crippen molar-refractivity contribution in [3.05, 3.63) is 47.0 Å². The number of nitrogens with one attached hydrogen (secondary N) is 2. The zero-order valence-corrected chi connectivity index (χ0v) is 18.1. The number of hydrogen-bond donors (Lipinski definition) is 4. The van der Waals surface area contributed by atoms with Crippen molar-refractivity contribution >= 4 is 30.8 Å². The van der Waals surface area contributed by atoms with E-state index in [2.05, 4.69) is 20.0 Å². The number of nitrogens with two attached hydrogens (primary N) is 1. The lowest BCUT2D eigenvalue weighted by atomic mass is 9.81. The van der Waals surface area contributed by atoms with E-state index in [0.717, 1.165) is 0 Å². The molecule has 3 aromatic rings. The Morgan fingerprint density at radius 1 is 1.41 bits per heavy atom. The van der Waals surface area contributed by atoms with E-state index in [4.69, 9.17) is 19.9 Å². The third kappa shape index (κ3) is 4.67. The number of aliphatic carboxylic acids is 1. The molecule has 0 bridgehead atoms. The fraction of sp³-hybridized carbons (Fsp3) is 0.368. The molecular formula is C19H23N6O6P. The average molecular weight is 462 g/mol. The molecule has 1 aliphatic rings. The number of imidazole rings is 1. The Morgan fingerprint density at radius 2 is 2.12 bits per heavy atom. The van der Waals surface area contributed by atoms with Gasteiger partial charge in [-0.1, -0.05) is 18.2 Å². The molecule has 2 heterocycles. The molecule has 4 rings (SSSR count). The second-order valence-corrected chi connectivity index (χ2v) is 9.35. The van der Waals surface area contributed by atoms with E-state index in [9.17, 15) is 14.2 Å². The number of aromatic nitrogens is 4. The van der Waals surface area contributed by atoms with E-state index in [1.54, 1.807) is 41.2 Å². The number of aromatic amines is 1. The summed E-state index contributed by atoms with van der Waals surface area (Å²) >= 11 is 0. The maximum Gasteiger partial charge on any atom is 0.459 e. The third-order valence-corrected chi connectivity index (χ3v) is 6.87. The highest BCUT2D eigenvalue weighted by molar-refractivity contribution is 7.52. The molecule has 0 amide bonds. The topological polar surface area (TPSA) is 174 Å². The molecule has 32 heavy (non-hydrogen) atoms. The molecule has 12 nitrogen and oxygen atoms in total. The number of para-hydroxylation sites is 1. The van der Waals surface area contributed by atoms with Crippen LogP contribution in [0, 0.1) is 5.92 Å². The van der Waals surface area contributed by atoms with Gasteiger partial charge in [0.1, 0.15) is 11.8 Å². The van der Waals surface area contributed by atoms with Gasteiger partial charge in [0.15, 0.2) is 11.2 Å². The summed E-state index contributed by atoms with van der Waals surface area (Å²) in [5, 5.41) is 11.6. The lowest BCUT2D eigenvalue weighted by Crippen LogP contribution is -2.35. The number of nitrogen functional groups attached to an aromatic ring is 1. The van der Waals surface area contributed by atoms with Crippen molar-refractivity contribution in [1.82, 2.24) is 24.6 Å². The Bertz CT molecular complexity index is 1220. The number of fused-ring (bicyclic) bond motifs is 1. The Labute approximate surface area is 182 Å². The normalized spacial score (nSPS) is 20.9. The first-order valence-corrected chi connectivity index (χ1v) is 11.5. The van der Waals surface area contributed by atoms with Gasteiger partial charge in [-0.2, -0.15) is 10.1 Å². The van der Waals surface area contributed by atoms with Crippen LogP contribution in [0.5, 0.6) is 5.75 Å². The van der Waals surface area contributed by atoms with Gasteiger partial charge in [0, 0.05) is 6.04 Å². The molecule has 13 heteroatoms. The highest BCUT2D eigenvalue weighted by atomic mass is 31.2. The van der Waals surface area contributed by atoms with Gasteiger partial charge in [-0.3, -0.25) is 19.1 Å². The SMILES string of the molecule is CC(NP(=O)(OCC1CC(n2cnc3c(=O)[nH]c(N)nc32)C1)Oc1ccccc1)C(=O)O. The van der Waals surface area contributed by atoms with Gasteiger partial charge >= 0.3 is 13.7 Å². The first-order valence-electron chi connectivity index (χ1n) is 9.96. The smallest absolute Gasteiger partial charge is 0.459 e. The van der Waals surface area contributed by atoms with Crippen LogP contribution in [-0.4, -0.2) is 43.2 Å². The lowest BCUT2D eigenvalue weighted by molar-refractivity contribution is -0.138.